The van der Waals surface area contributed by atoms with E-state index < -0.39 is 11.4 Å². The smallest absolute Gasteiger partial charge is 0.253 e. The number of nitrogens with one attached hydrogen (secondary N) is 1. The molecule has 18 heavy (non-hydrogen) atoms. The Morgan fingerprint density at radius 1 is 1.56 bits per heavy atom. The van der Waals surface area contributed by atoms with E-state index in [1.165, 1.54) is 12.1 Å². The predicted molar refractivity (Wildman–Crippen MR) is 69.3 cm³/mol. The highest BCUT2D eigenvalue weighted by Crippen LogP contribution is 2.20. The summed E-state index contributed by atoms with van der Waals surface area (Å²) in [5.74, 6) is -0.844. The summed E-state index contributed by atoms with van der Waals surface area (Å²) in [7, 11) is 0. The Balaban J connectivity index is 2.87. The van der Waals surface area contributed by atoms with Crippen molar-refractivity contribution in [3.8, 4) is 0 Å². The lowest BCUT2D eigenvalue weighted by Crippen LogP contribution is -2.46. The van der Waals surface area contributed by atoms with Gasteiger partial charge in [-0.25, -0.2) is 4.39 Å². The lowest BCUT2D eigenvalue weighted by atomic mass is 9.94. The first-order chi connectivity index (χ1) is 8.41. The number of carbonyl (C=O) groups is 1. The third-order valence-electron chi connectivity index (χ3n) is 3.03. The van der Waals surface area contributed by atoms with E-state index in [0.717, 1.165) is 6.07 Å². The van der Waals surface area contributed by atoms with Crippen molar-refractivity contribution < 1.29 is 14.3 Å². The summed E-state index contributed by atoms with van der Waals surface area (Å²) < 4.78 is 12.9. The van der Waals surface area contributed by atoms with E-state index in [4.69, 9.17) is 16.7 Å². The van der Waals surface area contributed by atoms with Gasteiger partial charge in [-0.3, -0.25) is 4.79 Å². The second kappa shape index (κ2) is 6.16. The molecular weight excluding hydrogens is 257 g/mol. The highest BCUT2D eigenvalue weighted by Gasteiger charge is 2.25. The molecule has 0 aliphatic carbocycles. The fourth-order valence-corrected chi connectivity index (χ4v) is 1.84. The van der Waals surface area contributed by atoms with Crippen LogP contribution in [-0.4, -0.2) is 23.2 Å². The lowest BCUT2D eigenvalue weighted by molar-refractivity contribution is 0.0886. The van der Waals surface area contributed by atoms with Crippen LogP contribution in [0.3, 0.4) is 0 Å². The molecule has 0 spiro atoms. The Labute approximate surface area is 111 Å². The topological polar surface area (TPSA) is 49.3 Å². The Hall–Kier alpha value is -1.13. The van der Waals surface area contributed by atoms with Crippen molar-refractivity contribution in [3.05, 3.63) is 34.6 Å². The van der Waals surface area contributed by atoms with Crippen molar-refractivity contribution in [2.45, 2.75) is 32.2 Å². The van der Waals surface area contributed by atoms with Crippen LogP contribution in [0, 0.1) is 5.82 Å². The van der Waals surface area contributed by atoms with Crippen LogP contribution in [0.4, 0.5) is 4.39 Å². The molecule has 0 aromatic heterocycles. The van der Waals surface area contributed by atoms with E-state index in [0.29, 0.717) is 12.8 Å². The van der Waals surface area contributed by atoms with Crippen LogP contribution in [0.2, 0.25) is 5.02 Å². The van der Waals surface area contributed by atoms with E-state index in [2.05, 4.69) is 5.32 Å². The average Bonchev–Trinajstić information content (AvgIpc) is 2.28. The molecule has 0 bridgehead atoms. The van der Waals surface area contributed by atoms with Gasteiger partial charge in [-0.1, -0.05) is 18.5 Å². The Morgan fingerprint density at radius 3 is 2.72 bits per heavy atom. The molecule has 1 aromatic rings. The van der Waals surface area contributed by atoms with Crippen LogP contribution in [0.25, 0.3) is 0 Å². The second-order valence-corrected chi connectivity index (χ2v) is 4.87. The Morgan fingerprint density at radius 2 is 2.22 bits per heavy atom. The van der Waals surface area contributed by atoms with Gasteiger partial charge in [0.2, 0.25) is 0 Å². The van der Waals surface area contributed by atoms with Crippen molar-refractivity contribution in [3.63, 3.8) is 0 Å². The van der Waals surface area contributed by atoms with Gasteiger partial charge < -0.3 is 10.4 Å². The van der Waals surface area contributed by atoms with Crippen LogP contribution < -0.4 is 5.32 Å². The van der Waals surface area contributed by atoms with Crippen molar-refractivity contribution in [1.29, 1.82) is 0 Å². The SMILES string of the molecule is CCC(C)(CCO)NC(=O)c1ccc(F)cc1Cl. The minimum Gasteiger partial charge on any atom is -0.396 e. The molecule has 0 heterocycles. The first kappa shape index (κ1) is 14.9. The summed E-state index contributed by atoms with van der Waals surface area (Å²) >= 11 is 5.82. The fourth-order valence-electron chi connectivity index (χ4n) is 1.59. The van der Waals surface area contributed by atoms with E-state index in [9.17, 15) is 9.18 Å². The van der Waals surface area contributed by atoms with Gasteiger partial charge in [-0.05, 0) is 38.0 Å². The van der Waals surface area contributed by atoms with E-state index in [1.54, 1.807) is 0 Å². The molecule has 1 rings (SSSR count). The molecule has 1 amide bonds. The summed E-state index contributed by atoms with van der Waals surface area (Å²) in [6, 6.07) is 3.64. The molecule has 0 saturated heterocycles. The molecular formula is C13H17ClFNO2. The minimum absolute atomic E-state index is 0.0121. The molecule has 2 N–H and O–H groups in total. The number of benzene rings is 1. The lowest BCUT2D eigenvalue weighted by Gasteiger charge is -2.29. The summed E-state index contributed by atoms with van der Waals surface area (Å²) in [5.41, 5.74) is -0.264. The number of carbonyl (C=O) groups excluding carboxylic acids is 1. The highest BCUT2D eigenvalue weighted by atomic mass is 35.5. The van der Waals surface area contributed by atoms with Gasteiger partial charge in [0, 0.05) is 12.1 Å². The number of halogens is 2. The third kappa shape index (κ3) is 3.68. The van der Waals surface area contributed by atoms with Gasteiger partial charge in [-0.15, -0.1) is 0 Å². The first-order valence-corrected chi connectivity index (χ1v) is 6.18. The van der Waals surface area contributed by atoms with Gasteiger partial charge in [0.1, 0.15) is 5.82 Å². The maximum absolute atomic E-state index is 12.9. The number of aliphatic hydroxyl groups is 1. The number of aliphatic hydroxyl groups excluding tert-OH is 1. The summed E-state index contributed by atoms with van der Waals surface area (Å²) in [5, 5.41) is 11.9. The van der Waals surface area contributed by atoms with Crippen LogP contribution >= 0.6 is 11.6 Å². The zero-order valence-corrected chi connectivity index (χ0v) is 11.2. The van der Waals surface area contributed by atoms with Crippen LogP contribution in [0.15, 0.2) is 18.2 Å². The fraction of sp³-hybridized carbons (Fsp3) is 0.462. The molecule has 0 radical (unpaired) electrons. The standard InChI is InChI=1S/C13H17ClFNO2/c1-3-13(2,6-7-17)16-12(18)10-5-4-9(15)8-11(10)14/h4-5,8,17H,3,6-7H2,1-2H3,(H,16,18). The number of amides is 1. The van der Waals surface area contributed by atoms with Gasteiger partial charge >= 0.3 is 0 Å². The molecule has 1 atom stereocenters. The molecule has 1 unspecified atom stereocenters. The minimum atomic E-state index is -0.496. The zero-order valence-electron chi connectivity index (χ0n) is 10.5. The molecule has 0 aliphatic rings. The largest absolute Gasteiger partial charge is 0.396 e. The Kier molecular flexibility index (Phi) is 5.11. The molecule has 5 heteroatoms. The van der Waals surface area contributed by atoms with E-state index in [-0.39, 0.29) is 23.1 Å². The van der Waals surface area contributed by atoms with E-state index in [1.807, 2.05) is 13.8 Å². The maximum Gasteiger partial charge on any atom is 0.253 e. The van der Waals surface area contributed by atoms with Gasteiger partial charge in [0.15, 0.2) is 0 Å². The molecule has 0 saturated carbocycles. The summed E-state index contributed by atoms with van der Waals surface area (Å²) in [6.07, 6.45) is 1.13. The quantitative estimate of drug-likeness (QED) is 0.867. The molecule has 0 aliphatic heterocycles. The van der Waals surface area contributed by atoms with Crippen LogP contribution in [-0.2, 0) is 0 Å². The van der Waals surface area contributed by atoms with Crippen molar-refractivity contribution in [2.75, 3.05) is 6.61 Å². The summed E-state index contributed by atoms with van der Waals surface area (Å²) in [4.78, 5) is 12.0. The zero-order chi connectivity index (χ0) is 13.8. The monoisotopic (exact) mass is 273 g/mol. The normalized spacial score (nSPS) is 14.1. The number of rotatable bonds is 5. The van der Waals surface area contributed by atoms with Gasteiger partial charge in [-0.2, -0.15) is 0 Å². The number of hydrogen-bond donors (Lipinski definition) is 2. The first-order valence-electron chi connectivity index (χ1n) is 5.80. The molecule has 1 aromatic carbocycles. The third-order valence-corrected chi connectivity index (χ3v) is 3.35. The predicted octanol–water partition coefficient (Wildman–Crippen LogP) is 2.76. The van der Waals surface area contributed by atoms with E-state index >= 15 is 0 Å². The van der Waals surface area contributed by atoms with Crippen LogP contribution in [0.1, 0.15) is 37.0 Å². The van der Waals surface area contributed by atoms with Crippen molar-refractivity contribution >= 4 is 17.5 Å². The molecule has 100 valence electrons. The second-order valence-electron chi connectivity index (χ2n) is 4.47. The van der Waals surface area contributed by atoms with Crippen LogP contribution in [0.5, 0.6) is 0 Å². The number of hydrogen-bond acceptors (Lipinski definition) is 2. The average molecular weight is 274 g/mol. The van der Waals surface area contributed by atoms with Gasteiger partial charge in [0.05, 0.1) is 10.6 Å². The highest BCUT2D eigenvalue weighted by molar-refractivity contribution is 6.33. The summed E-state index contributed by atoms with van der Waals surface area (Å²) in [6.45, 7) is 3.75. The molecule has 3 nitrogen and oxygen atoms in total. The van der Waals surface area contributed by atoms with Gasteiger partial charge in [0.25, 0.3) is 5.91 Å². The van der Waals surface area contributed by atoms with Crippen molar-refractivity contribution in [2.24, 2.45) is 0 Å². The Bertz CT molecular complexity index is 439. The molecule has 0 fully saturated rings. The maximum atomic E-state index is 12.9. The van der Waals surface area contributed by atoms with Crippen molar-refractivity contribution in [1.82, 2.24) is 5.32 Å².